The summed E-state index contributed by atoms with van der Waals surface area (Å²) in [5, 5.41) is 11.3. The molecule has 0 radical (unpaired) electrons. The minimum absolute atomic E-state index is 0.0400. The number of carboxylic acid groups (broad SMARTS) is 1. The van der Waals surface area contributed by atoms with Crippen LogP contribution in [0, 0.1) is 0 Å². The van der Waals surface area contributed by atoms with Crippen molar-refractivity contribution >= 4 is 11.9 Å². The van der Waals surface area contributed by atoms with Gasteiger partial charge in [0.15, 0.2) is 6.10 Å². The van der Waals surface area contributed by atoms with Gasteiger partial charge in [-0.2, -0.15) is 0 Å². The summed E-state index contributed by atoms with van der Waals surface area (Å²) in [5.74, 6) is -1.20. The topological polar surface area (TPSA) is 75.6 Å². The number of para-hydroxylation sites is 1. The van der Waals surface area contributed by atoms with Crippen LogP contribution in [-0.4, -0.2) is 30.1 Å². The average molecular weight is 223 g/mol. The van der Waals surface area contributed by atoms with Crippen molar-refractivity contribution in [3.8, 4) is 5.75 Å². The van der Waals surface area contributed by atoms with Gasteiger partial charge in [0, 0.05) is 7.05 Å². The number of amides is 1. The molecule has 0 heterocycles. The number of nitrogens with one attached hydrogen (secondary N) is 1. The second-order valence-electron chi connectivity index (χ2n) is 3.18. The first-order chi connectivity index (χ1) is 7.56. The van der Waals surface area contributed by atoms with Crippen LogP contribution in [0.4, 0.5) is 0 Å². The number of rotatable bonds is 4. The standard InChI is InChI=1S/C11H13NO4/c1-7(10(13)12-2)16-9-6-4-3-5-8(9)11(14)15/h3-7H,1-2H3,(H,12,13)(H,14,15). The van der Waals surface area contributed by atoms with Gasteiger partial charge >= 0.3 is 5.97 Å². The number of carbonyl (C=O) groups excluding carboxylic acids is 1. The van der Waals surface area contributed by atoms with Crippen LogP contribution in [0.5, 0.6) is 5.75 Å². The Morgan fingerprint density at radius 3 is 2.56 bits per heavy atom. The maximum Gasteiger partial charge on any atom is 0.339 e. The molecule has 0 aliphatic heterocycles. The Morgan fingerprint density at radius 1 is 1.38 bits per heavy atom. The number of hydrogen-bond acceptors (Lipinski definition) is 3. The van der Waals surface area contributed by atoms with Crippen molar-refractivity contribution in [1.82, 2.24) is 5.32 Å². The molecule has 1 amide bonds. The highest BCUT2D eigenvalue weighted by atomic mass is 16.5. The molecular weight excluding hydrogens is 210 g/mol. The summed E-state index contributed by atoms with van der Waals surface area (Å²) in [7, 11) is 1.49. The van der Waals surface area contributed by atoms with Crippen LogP contribution in [0.15, 0.2) is 24.3 Å². The summed E-state index contributed by atoms with van der Waals surface area (Å²) in [5.41, 5.74) is 0.0400. The highest BCUT2D eigenvalue weighted by Crippen LogP contribution is 2.19. The first-order valence-corrected chi connectivity index (χ1v) is 4.77. The molecule has 0 saturated heterocycles. The summed E-state index contributed by atoms with van der Waals surface area (Å²) >= 11 is 0. The fourth-order valence-electron chi connectivity index (χ4n) is 1.19. The molecule has 1 unspecified atom stereocenters. The van der Waals surface area contributed by atoms with E-state index < -0.39 is 12.1 Å². The Labute approximate surface area is 93.0 Å². The van der Waals surface area contributed by atoms with Crippen molar-refractivity contribution in [2.45, 2.75) is 13.0 Å². The highest BCUT2D eigenvalue weighted by molar-refractivity contribution is 5.91. The van der Waals surface area contributed by atoms with E-state index in [1.165, 1.54) is 19.2 Å². The van der Waals surface area contributed by atoms with Crippen LogP contribution < -0.4 is 10.1 Å². The van der Waals surface area contributed by atoms with E-state index in [4.69, 9.17) is 9.84 Å². The number of likely N-dealkylation sites (N-methyl/N-ethyl adjacent to an activating group) is 1. The number of ether oxygens (including phenoxy) is 1. The molecule has 0 bridgehead atoms. The van der Waals surface area contributed by atoms with Gasteiger partial charge in [-0.3, -0.25) is 4.79 Å². The number of benzene rings is 1. The minimum Gasteiger partial charge on any atom is -0.480 e. The molecule has 5 nitrogen and oxygen atoms in total. The van der Waals surface area contributed by atoms with E-state index in [0.717, 1.165) is 0 Å². The van der Waals surface area contributed by atoms with Gasteiger partial charge in [0.2, 0.25) is 0 Å². The van der Waals surface area contributed by atoms with Gasteiger partial charge < -0.3 is 15.2 Å². The second-order valence-corrected chi connectivity index (χ2v) is 3.18. The lowest BCUT2D eigenvalue weighted by Gasteiger charge is -2.14. The third kappa shape index (κ3) is 2.73. The molecule has 5 heteroatoms. The van der Waals surface area contributed by atoms with Gasteiger partial charge in [-0.05, 0) is 19.1 Å². The number of hydrogen-bond donors (Lipinski definition) is 2. The zero-order valence-electron chi connectivity index (χ0n) is 9.06. The van der Waals surface area contributed by atoms with Crippen molar-refractivity contribution < 1.29 is 19.4 Å². The van der Waals surface area contributed by atoms with E-state index >= 15 is 0 Å². The van der Waals surface area contributed by atoms with Crippen LogP contribution in [0.2, 0.25) is 0 Å². The van der Waals surface area contributed by atoms with Gasteiger partial charge in [0.05, 0.1) is 0 Å². The first kappa shape index (κ1) is 12.0. The summed E-state index contributed by atoms with van der Waals surface area (Å²) in [6.07, 6.45) is -0.731. The number of aromatic carboxylic acids is 1. The monoisotopic (exact) mass is 223 g/mol. The third-order valence-electron chi connectivity index (χ3n) is 2.04. The molecule has 0 aliphatic carbocycles. The fraction of sp³-hybridized carbons (Fsp3) is 0.273. The van der Waals surface area contributed by atoms with Crippen molar-refractivity contribution in [2.75, 3.05) is 7.05 Å². The SMILES string of the molecule is CNC(=O)C(C)Oc1ccccc1C(=O)O. The van der Waals surface area contributed by atoms with E-state index in [1.54, 1.807) is 19.1 Å². The summed E-state index contributed by atoms with van der Waals surface area (Å²) in [6, 6.07) is 6.19. The Bertz CT molecular complexity index is 403. The fourth-order valence-corrected chi connectivity index (χ4v) is 1.19. The average Bonchev–Trinajstić information content (AvgIpc) is 2.28. The summed E-state index contributed by atoms with van der Waals surface area (Å²) < 4.78 is 5.27. The maximum atomic E-state index is 11.2. The van der Waals surface area contributed by atoms with Gasteiger partial charge in [-0.15, -0.1) is 0 Å². The minimum atomic E-state index is -1.08. The molecule has 0 aliphatic rings. The molecule has 86 valence electrons. The van der Waals surface area contributed by atoms with Crippen molar-refractivity contribution in [1.29, 1.82) is 0 Å². The lowest BCUT2D eigenvalue weighted by molar-refractivity contribution is -0.126. The Hall–Kier alpha value is -2.04. The molecule has 1 aromatic rings. The number of carboxylic acids is 1. The molecule has 0 aromatic heterocycles. The largest absolute Gasteiger partial charge is 0.480 e. The molecule has 2 N–H and O–H groups in total. The smallest absolute Gasteiger partial charge is 0.339 e. The van der Waals surface area contributed by atoms with Crippen LogP contribution in [0.3, 0.4) is 0 Å². The molecule has 0 spiro atoms. The first-order valence-electron chi connectivity index (χ1n) is 4.77. The number of carbonyl (C=O) groups is 2. The van der Waals surface area contributed by atoms with E-state index in [9.17, 15) is 9.59 Å². The van der Waals surface area contributed by atoms with Crippen molar-refractivity contribution in [3.05, 3.63) is 29.8 Å². The van der Waals surface area contributed by atoms with E-state index in [0.29, 0.717) is 0 Å². The Morgan fingerprint density at radius 2 is 2.00 bits per heavy atom. The highest BCUT2D eigenvalue weighted by Gasteiger charge is 2.16. The zero-order valence-corrected chi connectivity index (χ0v) is 9.06. The molecule has 0 fully saturated rings. The predicted octanol–water partition coefficient (Wildman–Crippen LogP) is 0.898. The molecule has 16 heavy (non-hydrogen) atoms. The molecule has 1 atom stereocenters. The van der Waals surface area contributed by atoms with Gasteiger partial charge in [0.1, 0.15) is 11.3 Å². The quantitative estimate of drug-likeness (QED) is 0.795. The van der Waals surface area contributed by atoms with Gasteiger partial charge in [-0.1, -0.05) is 12.1 Å². The van der Waals surface area contributed by atoms with E-state index in [-0.39, 0.29) is 17.2 Å². The second kappa shape index (κ2) is 5.16. The molecule has 0 saturated carbocycles. The van der Waals surface area contributed by atoms with E-state index in [1.807, 2.05) is 0 Å². The normalized spacial score (nSPS) is 11.6. The lowest BCUT2D eigenvalue weighted by atomic mass is 10.2. The van der Waals surface area contributed by atoms with Crippen LogP contribution in [0.25, 0.3) is 0 Å². The van der Waals surface area contributed by atoms with Gasteiger partial charge in [-0.25, -0.2) is 4.79 Å². The van der Waals surface area contributed by atoms with Crippen LogP contribution >= 0.6 is 0 Å². The summed E-state index contributed by atoms with van der Waals surface area (Å²) in [4.78, 5) is 22.1. The molecular formula is C11H13NO4. The predicted molar refractivity (Wildman–Crippen MR) is 57.6 cm³/mol. The van der Waals surface area contributed by atoms with Crippen molar-refractivity contribution in [2.24, 2.45) is 0 Å². The van der Waals surface area contributed by atoms with E-state index in [2.05, 4.69) is 5.32 Å². The lowest BCUT2D eigenvalue weighted by Crippen LogP contribution is -2.34. The van der Waals surface area contributed by atoms with Crippen molar-refractivity contribution in [3.63, 3.8) is 0 Å². The summed E-state index contributed by atoms with van der Waals surface area (Å²) in [6.45, 7) is 1.55. The molecule has 1 aromatic carbocycles. The Kier molecular flexibility index (Phi) is 3.88. The van der Waals surface area contributed by atoms with Crippen LogP contribution in [0.1, 0.15) is 17.3 Å². The third-order valence-corrected chi connectivity index (χ3v) is 2.04. The van der Waals surface area contributed by atoms with Crippen LogP contribution in [-0.2, 0) is 4.79 Å². The van der Waals surface area contributed by atoms with Gasteiger partial charge in [0.25, 0.3) is 5.91 Å². The zero-order chi connectivity index (χ0) is 12.1. The maximum absolute atomic E-state index is 11.2. The Balaban J connectivity index is 2.88. The molecule has 1 rings (SSSR count).